The quantitative estimate of drug-likeness (QED) is 0.207. The molecule has 0 spiro atoms. The van der Waals surface area contributed by atoms with E-state index >= 15 is 0 Å². The van der Waals surface area contributed by atoms with Gasteiger partial charge >= 0.3 is 18.3 Å². The minimum absolute atomic E-state index is 0.0466. The molecule has 0 aliphatic carbocycles. The number of nitrogens with one attached hydrogen (secondary N) is 2. The third kappa shape index (κ3) is 8.56. The van der Waals surface area contributed by atoms with Gasteiger partial charge in [0.05, 0.1) is 24.7 Å². The monoisotopic (exact) mass is 581 g/mol. The number of hydrogen-bond donors (Lipinski definition) is 2. The number of esters is 1. The van der Waals surface area contributed by atoms with Gasteiger partial charge in [0, 0.05) is 18.7 Å². The average Bonchev–Trinajstić information content (AvgIpc) is 3.28. The van der Waals surface area contributed by atoms with E-state index in [4.69, 9.17) is 36.8 Å². The number of terminal acetylenes is 1. The topological polar surface area (TPSA) is 121 Å². The number of aromatic nitrogens is 2. The standard InChI is InChI=1S/C25H32N3O7PS2/c1-5-18-15-23(28-13-11-22(29)26-25(28)31)34-21(18)16-32-36(37,35-19-9-7-6-8-10-19)27-20(12-14-38-4)24(30)33-17(2)3/h1,6-11,13,17-18,20-21,23H,12,14-16H2,2-4H3,(H,27,37)(H,26,29,31). The first-order valence-electron chi connectivity index (χ1n) is 12.0. The van der Waals surface area contributed by atoms with Crippen LogP contribution < -0.4 is 20.9 Å². The van der Waals surface area contributed by atoms with E-state index in [1.54, 1.807) is 49.9 Å². The molecular weight excluding hydrogens is 549 g/mol. The third-order valence-corrected chi connectivity index (χ3v) is 8.62. The van der Waals surface area contributed by atoms with Crippen molar-refractivity contribution in [2.45, 2.75) is 51.2 Å². The van der Waals surface area contributed by atoms with Crippen molar-refractivity contribution < 1.29 is 23.3 Å². The van der Waals surface area contributed by atoms with E-state index in [2.05, 4.69) is 16.0 Å². The third-order valence-electron chi connectivity index (χ3n) is 5.55. The molecule has 5 unspecified atom stereocenters. The lowest BCUT2D eigenvalue weighted by molar-refractivity contribution is -0.149. The van der Waals surface area contributed by atoms with Crippen LogP contribution in [-0.2, 0) is 30.6 Å². The fourth-order valence-corrected chi connectivity index (χ4v) is 6.58. The van der Waals surface area contributed by atoms with Gasteiger partial charge in [-0.05, 0) is 56.2 Å². The summed E-state index contributed by atoms with van der Waals surface area (Å²) in [6, 6.07) is 9.41. The molecule has 0 bridgehead atoms. The van der Waals surface area contributed by atoms with Gasteiger partial charge in [0.15, 0.2) is 0 Å². The highest BCUT2D eigenvalue weighted by Gasteiger charge is 2.38. The van der Waals surface area contributed by atoms with Gasteiger partial charge in [0.2, 0.25) is 0 Å². The van der Waals surface area contributed by atoms with Crippen LogP contribution in [0.25, 0.3) is 0 Å². The van der Waals surface area contributed by atoms with E-state index in [0.29, 0.717) is 24.3 Å². The Morgan fingerprint density at radius 2 is 2.08 bits per heavy atom. The van der Waals surface area contributed by atoms with E-state index in [1.165, 1.54) is 16.8 Å². The van der Waals surface area contributed by atoms with Gasteiger partial charge < -0.3 is 18.5 Å². The Morgan fingerprint density at radius 1 is 1.34 bits per heavy atom. The maximum atomic E-state index is 12.9. The molecule has 206 valence electrons. The summed E-state index contributed by atoms with van der Waals surface area (Å²) >= 11 is 7.44. The first-order valence-corrected chi connectivity index (χ1v) is 16.1. The Morgan fingerprint density at radius 3 is 2.71 bits per heavy atom. The van der Waals surface area contributed by atoms with Crippen molar-refractivity contribution in [3.8, 4) is 18.1 Å². The molecule has 2 N–H and O–H groups in total. The number of thioether (sulfide) groups is 1. The maximum absolute atomic E-state index is 12.9. The van der Waals surface area contributed by atoms with E-state index in [-0.39, 0.29) is 12.7 Å². The number of para-hydroxylation sites is 1. The van der Waals surface area contributed by atoms with E-state index in [9.17, 15) is 14.4 Å². The zero-order chi connectivity index (χ0) is 27.7. The minimum Gasteiger partial charge on any atom is -0.462 e. The molecular formula is C25H32N3O7PS2. The number of hydrogen-bond acceptors (Lipinski definition) is 9. The molecule has 2 aromatic rings. The van der Waals surface area contributed by atoms with Crippen molar-refractivity contribution in [1.82, 2.24) is 14.6 Å². The largest absolute Gasteiger partial charge is 0.462 e. The van der Waals surface area contributed by atoms with Gasteiger partial charge in [-0.15, -0.1) is 12.3 Å². The van der Waals surface area contributed by atoms with Crippen LogP contribution >= 0.6 is 18.4 Å². The summed E-state index contributed by atoms with van der Waals surface area (Å²) in [7, 11) is 0. The number of benzene rings is 1. The number of carbonyl (C=O) groups excluding carboxylic acids is 1. The Hall–Kier alpha value is -2.39. The van der Waals surface area contributed by atoms with E-state index < -0.39 is 48.2 Å². The van der Waals surface area contributed by atoms with Crippen molar-refractivity contribution >= 4 is 36.2 Å². The highest BCUT2D eigenvalue weighted by atomic mass is 32.5. The molecule has 1 saturated heterocycles. The normalized spacial score (nSPS) is 21.4. The number of nitrogens with zero attached hydrogens (tertiary/aromatic N) is 1. The maximum Gasteiger partial charge on any atom is 0.330 e. The second-order valence-corrected chi connectivity index (χ2v) is 12.9. The molecule has 1 aliphatic rings. The van der Waals surface area contributed by atoms with Crippen LogP contribution in [0.2, 0.25) is 0 Å². The van der Waals surface area contributed by atoms with Crippen molar-refractivity contribution in [3.05, 3.63) is 63.4 Å². The van der Waals surface area contributed by atoms with Crippen LogP contribution in [0.1, 0.15) is 32.9 Å². The molecule has 2 heterocycles. The van der Waals surface area contributed by atoms with Crippen molar-refractivity contribution in [2.24, 2.45) is 5.92 Å². The fourth-order valence-electron chi connectivity index (χ4n) is 3.74. The van der Waals surface area contributed by atoms with Crippen LogP contribution in [0.4, 0.5) is 0 Å². The lowest BCUT2D eigenvalue weighted by Crippen LogP contribution is -2.39. The number of carbonyl (C=O) groups is 1. The van der Waals surface area contributed by atoms with E-state index in [0.717, 1.165) is 0 Å². The summed E-state index contributed by atoms with van der Waals surface area (Å²) in [5.41, 5.74) is -1.10. The second-order valence-electron chi connectivity index (χ2n) is 8.80. The lowest BCUT2D eigenvalue weighted by atomic mass is 10.0. The van der Waals surface area contributed by atoms with Gasteiger partial charge in [-0.1, -0.05) is 18.2 Å². The van der Waals surface area contributed by atoms with Crippen LogP contribution in [0.5, 0.6) is 5.75 Å². The molecule has 38 heavy (non-hydrogen) atoms. The first-order chi connectivity index (χ1) is 18.1. The second kappa shape index (κ2) is 14.1. The minimum atomic E-state index is -3.32. The number of H-pyrrole nitrogens is 1. The number of rotatable bonds is 13. The molecule has 0 saturated carbocycles. The van der Waals surface area contributed by atoms with E-state index in [1.807, 2.05) is 12.3 Å². The summed E-state index contributed by atoms with van der Waals surface area (Å²) in [5.74, 6) is 3.01. The van der Waals surface area contributed by atoms with Crippen LogP contribution in [0, 0.1) is 18.3 Å². The highest BCUT2D eigenvalue weighted by Crippen LogP contribution is 2.47. The Labute approximate surface area is 231 Å². The van der Waals surface area contributed by atoms with Crippen LogP contribution in [-0.4, -0.2) is 52.4 Å². The average molecular weight is 582 g/mol. The van der Waals surface area contributed by atoms with Gasteiger partial charge in [-0.3, -0.25) is 19.1 Å². The molecule has 1 aromatic heterocycles. The molecule has 10 nitrogen and oxygen atoms in total. The van der Waals surface area contributed by atoms with Crippen molar-refractivity contribution in [1.29, 1.82) is 0 Å². The highest BCUT2D eigenvalue weighted by molar-refractivity contribution is 8.09. The molecule has 0 radical (unpaired) electrons. The smallest absolute Gasteiger partial charge is 0.330 e. The molecule has 5 atom stereocenters. The van der Waals surface area contributed by atoms with Crippen LogP contribution in [0.3, 0.4) is 0 Å². The van der Waals surface area contributed by atoms with Gasteiger partial charge in [-0.2, -0.15) is 11.8 Å². The first kappa shape index (κ1) is 30.2. The molecule has 1 aliphatic heterocycles. The summed E-state index contributed by atoms with van der Waals surface area (Å²) in [6.07, 6.45) is 8.25. The molecule has 1 fully saturated rings. The Balaban J connectivity index is 1.80. The molecule has 13 heteroatoms. The van der Waals surface area contributed by atoms with Gasteiger partial charge in [0.1, 0.15) is 18.0 Å². The Bertz CT molecular complexity index is 1280. The summed E-state index contributed by atoms with van der Waals surface area (Å²) in [4.78, 5) is 38.8. The zero-order valence-electron chi connectivity index (χ0n) is 21.4. The predicted octanol–water partition coefficient (Wildman–Crippen LogP) is 3.06. The molecule has 3 rings (SSSR count). The zero-order valence-corrected chi connectivity index (χ0v) is 23.9. The SMILES string of the molecule is C#CC1CC(n2ccc(=O)[nH]c2=O)OC1COP(=S)(NC(CCSC)C(=O)OC(C)C)Oc1ccccc1. The number of ether oxygens (including phenoxy) is 2. The summed E-state index contributed by atoms with van der Waals surface area (Å²) < 4.78 is 25.1. The van der Waals surface area contributed by atoms with Crippen molar-refractivity contribution in [3.63, 3.8) is 0 Å². The molecule has 1 aromatic carbocycles. The lowest BCUT2D eigenvalue weighted by Gasteiger charge is -2.29. The summed E-state index contributed by atoms with van der Waals surface area (Å²) in [6.45, 7) is 0.182. The summed E-state index contributed by atoms with van der Waals surface area (Å²) in [5, 5.41) is 3.13. The van der Waals surface area contributed by atoms with Gasteiger partial charge in [0.25, 0.3) is 5.56 Å². The van der Waals surface area contributed by atoms with Crippen molar-refractivity contribution in [2.75, 3.05) is 18.6 Å². The fraction of sp³-hybridized carbons (Fsp3) is 0.480. The Kier molecular flexibility index (Phi) is 11.2. The predicted molar refractivity (Wildman–Crippen MR) is 151 cm³/mol. The van der Waals surface area contributed by atoms with Crippen LogP contribution in [0.15, 0.2) is 52.2 Å². The molecule has 0 amide bonds. The number of aromatic amines is 1. The van der Waals surface area contributed by atoms with Gasteiger partial charge in [-0.25, -0.2) is 9.88 Å².